The van der Waals surface area contributed by atoms with Crippen LogP contribution in [-0.2, 0) is 11.0 Å². The summed E-state index contributed by atoms with van der Waals surface area (Å²) in [6, 6.07) is 3.14. The molecule has 3 nitrogen and oxygen atoms in total. The van der Waals surface area contributed by atoms with E-state index >= 15 is 0 Å². The average molecular weight is 246 g/mol. The van der Waals surface area contributed by atoms with Crippen molar-refractivity contribution in [2.24, 2.45) is 0 Å². The summed E-state index contributed by atoms with van der Waals surface area (Å²) in [6.07, 6.45) is -5.18. The third kappa shape index (κ3) is 3.45. The van der Waals surface area contributed by atoms with Gasteiger partial charge in [-0.1, -0.05) is 0 Å². The number of amides is 1. The zero-order valence-electron chi connectivity index (χ0n) is 8.31. The first-order chi connectivity index (χ1) is 7.84. The number of benzene rings is 1. The highest BCUT2D eigenvalue weighted by Gasteiger charge is 2.31. The Morgan fingerprint density at radius 2 is 2.06 bits per heavy atom. The number of alkyl halides is 3. The van der Waals surface area contributed by atoms with E-state index in [0.29, 0.717) is 18.2 Å². The Balaban J connectivity index is 3.00. The molecule has 0 bridgehead atoms. The topological polar surface area (TPSA) is 52.9 Å². The van der Waals surface area contributed by atoms with E-state index in [1.807, 2.05) is 5.32 Å². The van der Waals surface area contributed by atoms with E-state index in [1.54, 1.807) is 0 Å². The van der Waals surface area contributed by atoms with Crippen LogP contribution >= 0.6 is 0 Å². The molecule has 0 atom stereocenters. The zero-order chi connectivity index (χ0) is 13.1. The second-order valence-electron chi connectivity index (χ2n) is 3.08. The first-order valence-electron chi connectivity index (χ1n) is 4.38. The summed E-state index contributed by atoms with van der Waals surface area (Å²) in [6.45, 7) is 0. The van der Waals surface area contributed by atoms with Crippen molar-refractivity contribution in [3.05, 3.63) is 29.6 Å². The first-order valence-corrected chi connectivity index (χ1v) is 4.38. The van der Waals surface area contributed by atoms with Crippen molar-refractivity contribution in [3.8, 4) is 6.07 Å². The van der Waals surface area contributed by atoms with Gasteiger partial charge in [0, 0.05) is 0 Å². The molecule has 17 heavy (non-hydrogen) atoms. The van der Waals surface area contributed by atoms with Gasteiger partial charge in [-0.05, 0) is 18.2 Å². The predicted molar refractivity (Wildman–Crippen MR) is 50.3 cm³/mol. The van der Waals surface area contributed by atoms with E-state index in [9.17, 15) is 22.4 Å². The van der Waals surface area contributed by atoms with Crippen molar-refractivity contribution >= 4 is 11.6 Å². The van der Waals surface area contributed by atoms with Gasteiger partial charge >= 0.3 is 6.18 Å². The lowest BCUT2D eigenvalue weighted by atomic mass is 10.2. The smallest absolute Gasteiger partial charge is 0.323 e. The molecule has 0 radical (unpaired) electrons. The molecule has 0 saturated heterocycles. The van der Waals surface area contributed by atoms with Crippen molar-refractivity contribution < 1.29 is 22.4 Å². The molecule has 1 N–H and O–H groups in total. The number of carbonyl (C=O) groups is 1. The van der Waals surface area contributed by atoms with E-state index in [1.165, 1.54) is 6.07 Å². The van der Waals surface area contributed by atoms with Gasteiger partial charge in [0.25, 0.3) is 0 Å². The maximum Gasteiger partial charge on any atom is 0.416 e. The SMILES string of the molecule is N#CCC(=O)Nc1cc(C(F)(F)F)ccc1F. The van der Waals surface area contributed by atoms with Gasteiger partial charge in [0.1, 0.15) is 12.2 Å². The minimum absolute atomic E-state index is 0.477. The third-order valence-electron chi connectivity index (χ3n) is 1.81. The summed E-state index contributed by atoms with van der Waals surface area (Å²) in [7, 11) is 0. The lowest BCUT2D eigenvalue weighted by Crippen LogP contribution is -2.13. The summed E-state index contributed by atoms with van der Waals surface area (Å²) in [5.41, 5.74) is -1.67. The van der Waals surface area contributed by atoms with Crippen molar-refractivity contribution in [1.29, 1.82) is 5.26 Å². The van der Waals surface area contributed by atoms with Crippen LogP contribution in [-0.4, -0.2) is 5.91 Å². The Morgan fingerprint density at radius 3 is 2.59 bits per heavy atom. The van der Waals surface area contributed by atoms with Crippen LogP contribution in [0.15, 0.2) is 18.2 Å². The zero-order valence-corrected chi connectivity index (χ0v) is 8.31. The molecule has 7 heteroatoms. The number of anilines is 1. The molecule has 1 amide bonds. The van der Waals surface area contributed by atoms with Crippen LogP contribution in [0.25, 0.3) is 0 Å². The van der Waals surface area contributed by atoms with Crippen molar-refractivity contribution in [2.75, 3.05) is 5.32 Å². The molecule has 0 unspecified atom stereocenters. The number of halogens is 4. The Bertz CT molecular complexity index is 476. The molecular weight excluding hydrogens is 240 g/mol. The normalized spacial score (nSPS) is 10.8. The fraction of sp³-hybridized carbons (Fsp3) is 0.200. The maximum atomic E-state index is 13.1. The van der Waals surface area contributed by atoms with Gasteiger partial charge in [-0.3, -0.25) is 4.79 Å². The molecule has 0 heterocycles. The van der Waals surface area contributed by atoms with Gasteiger partial charge in [0.2, 0.25) is 5.91 Å². The number of rotatable bonds is 2. The van der Waals surface area contributed by atoms with Crippen molar-refractivity contribution in [3.63, 3.8) is 0 Å². The molecular formula is C10H6F4N2O. The summed E-state index contributed by atoms with van der Waals surface area (Å²) in [5, 5.41) is 10.1. The van der Waals surface area contributed by atoms with Gasteiger partial charge in [0.05, 0.1) is 17.3 Å². The van der Waals surface area contributed by atoms with Gasteiger partial charge in [-0.2, -0.15) is 18.4 Å². The fourth-order valence-electron chi connectivity index (χ4n) is 1.06. The summed E-state index contributed by atoms with van der Waals surface area (Å²) in [4.78, 5) is 10.9. The summed E-state index contributed by atoms with van der Waals surface area (Å²) >= 11 is 0. The van der Waals surface area contributed by atoms with Crippen LogP contribution in [0.5, 0.6) is 0 Å². The number of hydrogen-bond donors (Lipinski definition) is 1. The van der Waals surface area contributed by atoms with E-state index in [4.69, 9.17) is 5.26 Å². The molecule has 0 saturated carbocycles. The number of carbonyl (C=O) groups excluding carboxylic acids is 1. The molecule has 0 aliphatic rings. The largest absolute Gasteiger partial charge is 0.416 e. The molecule has 0 aromatic heterocycles. The van der Waals surface area contributed by atoms with E-state index < -0.39 is 35.6 Å². The second-order valence-corrected chi connectivity index (χ2v) is 3.08. The highest BCUT2D eigenvalue weighted by atomic mass is 19.4. The van der Waals surface area contributed by atoms with Crippen LogP contribution < -0.4 is 5.32 Å². The van der Waals surface area contributed by atoms with Crippen LogP contribution in [0.4, 0.5) is 23.2 Å². The highest BCUT2D eigenvalue weighted by Crippen LogP contribution is 2.31. The number of nitrogens with zero attached hydrogens (tertiary/aromatic N) is 1. The van der Waals surface area contributed by atoms with Crippen LogP contribution in [0.2, 0.25) is 0 Å². The van der Waals surface area contributed by atoms with E-state index in [2.05, 4.69) is 0 Å². The lowest BCUT2D eigenvalue weighted by molar-refractivity contribution is -0.137. The number of nitriles is 1. The molecule has 1 rings (SSSR count). The fourth-order valence-corrected chi connectivity index (χ4v) is 1.06. The molecule has 1 aromatic carbocycles. The van der Waals surface area contributed by atoms with E-state index in [-0.39, 0.29) is 0 Å². The summed E-state index contributed by atoms with van der Waals surface area (Å²) < 4.78 is 50.0. The molecule has 90 valence electrons. The van der Waals surface area contributed by atoms with Crippen molar-refractivity contribution in [1.82, 2.24) is 0 Å². The predicted octanol–water partition coefficient (Wildman–Crippen LogP) is 2.70. The summed E-state index contributed by atoms with van der Waals surface area (Å²) in [5.74, 6) is -1.87. The van der Waals surface area contributed by atoms with Crippen LogP contribution in [0.1, 0.15) is 12.0 Å². The molecule has 1 aromatic rings. The van der Waals surface area contributed by atoms with Gasteiger partial charge in [-0.15, -0.1) is 0 Å². The Hall–Kier alpha value is -2.10. The van der Waals surface area contributed by atoms with Gasteiger partial charge in [-0.25, -0.2) is 4.39 Å². The minimum atomic E-state index is -4.62. The quantitative estimate of drug-likeness (QED) is 0.815. The molecule has 0 aliphatic heterocycles. The Kier molecular flexibility index (Phi) is 3.68. The lowest BCUT2D eigenvalue weighted by Gasteiger charge is -2.10. The Morgan fingerprint density at radius 1 is 1.41 bits per heavy atom. The minimum Gasteiger partial charge on any atom is -0.323 e. The molecule has 0 spiro atoms. The van der Waals surface area contributed by atoms with Crippen LogP contribution in [0.3, 0.4) is 0 Å². The number of nitrogens with one attached hydrogen (secondary N) is 1. The maximum absolute atomic E-state index is 13.1. The van der Waals surface area contributed by atoms with Crippen LogP contribution in [0, 0.1) is 17.1 Å². The average Bonchev–Trinajstić information content (AvgIpc) is 2.20. The number of hydrogen-bond acceptors (Lipinski definition) is 2. The molecule has 0 fully saturated rings. The monoisotopic (exact) mass is 246 g/mol. The second kappa shape index (κ2) is 4.82. The van der Waals surface area contributed by atoms with Crippen molar-refractivity contribution in [2.45, 2.75) is 12.6 Å². The highest BCUT2D eigenvalue weighted by molar-refractivity contribution is 5.92. The third-order valence-corrected chi connectivity index (χ3v) is 1.81. The van der Waals surface area contributed by atoms with Gasteiger partial charge in [0.15, 0.2) is 0 Å². The standard InChI is InChI=1S/C10H6F4N2O/c11-7-2-1-6(10(12,13)14)5-8(7)16-9(17)3-4-15/h1-2,5H,3H2,(H,16,17). The van der Waals surface area contributed by atoms with E-state index in [0.717, 1.165) is 0 Å². The first kappa shape index (κ1) is 13.0. The Labute approximate surface area is 93.7 Å². The van der Waals surface area contributed by atoms with Gasteiger partial charge < -0.3 is 5.32 Å². The molecule has 0 aliphatic carbocycles.